The van der Waals surface area contributed by atoms with Crippen LogP contribution < -0.4 is 4.84 Å². The third kappa shape index (κ3) is 5.06. The van der Waals surface area contributed by atoms with Gasteiger partial charge in [0, 0.05) is 33.4 Å². The molecule has 8 nitrogen and oxygen atoms in total. The van der Waals surface area contributed by atoms with Gasteiger partial charge in [0.15, 0.2) is 0 Å². The third-order valence-electron chi connectivity index (χ3n) is 2.53. The molecule has 0 aliphatic heterocycles. The summed E-state index contributed by atoms with van der Waals surface area (Å²) in [7, 11) is 2.93. The van der Waals surface area contributed by atoms with E-state index in [2.05, 4.69) is 10.0 Å². The van der Waals surface area contributed by atoms with Gasteiger partial charge in [-0.15, -0.1) is 4.73 Å². The zero-order valence-electron chi connectivity index (χ0n) is 11.7. The minimum absolute atomic E-state index is 0.117. The zero-order chi connectivity index (χ0) is 16.7. The van der Waals surface area contributed by atoms with E-state index in [0.717, 1.165) is 4.90 Å². The van der Waals surface area contributed by atoms with Crippen LogP contribution in [0, 0.1) is 0 Å². The van der Waals surface area contributed by atoms with E-state index in [4.69, 9.17) is 10.4 Å². The lowest BCUT2D eigenvalue weighted by Gasteiger charge is -2.06. The van der Waals surface area contributed by atoms with E-state index < -0.39 is 5.97 Å². The first-order valence-electron chi connectivity index (χ1n) is 6.35. The van der Waals surface area contributed by atoms with Crippen molar-refractivity contribution in [2.75, 3.05) is 5.75 Å². The summed E-state index contributed by atoms with van der Waals surface area (Å²) >= 11 is 0. The molecule has 23 heavy (non-hydrogen) atoms. The molecule has 2 rings (SSSR count). The highest BCUT2D eigenvalue weighted by molar-refractivity contribution is 8.76. The molecule has 0 radical (unpaired) electrons. The van der Waals surface area contributed by atoms with E-state index in [0.29, 0.717) is 16.2 Å². The van der Waals surface area contributed by atoms with Crippen molar-refractivity contribution in [2.45, 2.75) is 11.3 Å². The van der Waals surface area contributed by atoms with Crippen molar-refractivity contribution in [3.05, 3.63) is 46.8 Å². The molecule has 120 valence electrons. The monoisotopic (exact) mass is 352 g/mol. The van der Waals surface area contributed by atoms with E-state index in [9.17, 15) is 15.0 Å². The molecule has 0 atom stereocenters. The number of benzene rings is 1. The highest BCUT2D eigenvalue weighted by atomic mass is 33.1. The van der Waals surface area contributed by atoms with Crippen LogP contribution in [-0.4, -0.2) is 26.7 Å². The third-order valence-corrected chi connectivity index (χ3v) is 4.92. The van der Waals surface area contributed by atoms with Crippen molar-refractivity contribution in [1.82, 2.24) is 4.73 Å². The molecule has 0 aliphatic rings. The number of aromatic hydroxyl groups is 2. The normalized spacial score (nSPS) is 10.1. The Balaban J connectivity index is 1.72. The van der Waals surface area contributed by atoms with Gasteiger partial charge >= 0.3 is 5.97 Å². The molecule has 0 aliphatic carbocycles. The minimum Gasteiger partial charge on any atom is -0.492 e. The predicted octanol–water partition coefficient (Wildman–Crippen LogP) is 3.63. The largest absolute Gasteiger partial charge is 0.492 e. The van der Waals surface area contributed by atoms with Crippen LogP contribution in [0.2, 0.25) is 0 Å². The first-order valence-corrected chi connectivity index (χ1v) is 8.67. The lowest BCUT2D eigenvalue weighted by Crippen LogP contribution is -2.19. The number of carbonyl (C=O) groups excluding carboxylic acids is 1. The summed E-state index contributed by atoms with van der Waals surface area (Å²) in [5.74, 6) is -0.778. The summed E-state index contributed by atoms with van der Waals surface area (Å²) in [6.45, 7) is 0. The second-order valence-corrected chi connectivity index (χ2v) is 6.64. The number of azide groups is 1. The van der Waals surface area contributed by atoms with Crippen molar-refractivity contribution in [2.24, 2.45) is 5.11 Å². The topological polar surface area (TPSA) is 120 Å². The van der Waals surface area contributed by atoms with Crippen molar-refractivity contribution in [1.29, 1.82) is 0 Å². The maximum Gasteiger partial charge on any atom is 0.334 e. The molecule has 10 heteroatoms. The van der Waals surface area contributed by atoms with Crippen LogP contribution >= 0.6 is 21.6 Å². The molecule has 2 aromatic rings. The molecule has 1 aromatic carbocycles. The van der Waals surface area contributed by atoms with Gasteiger partial charge in [-0.2, -0.15) is 0 Å². The Morgan fingerprint density at radius 3 is 2.48 bits per heavy atom. The first-order chi connectivity index (χ1) is 11.1. The van der Waals surface area contributed by atoms with Gasteiger partial charge in [0.1, 0.15) is 0 Å². The molecule has 1 heterocycles. The second-order valence-electron chi connectivity index (χ2n) is 4.15. The van der Waals surface area contributed by atoms with E-state index in [1.165, 1.54) is 33.7 Å². The fourth-order valence-corrected chi connectivity index (χ4v) is 3.46. The molecule has 0 fully saturated rings. The molecular formula is C13H12N4O4S2. The molecule has 0 bridgehead atoms. The van der Waals surface area contributed by atoms with E-state index in [1.807, 2.05) is 12.1 Å². The van der Waals surface area contributed by atoms with E-state index >= 15 is 0 Å². The fraction of sp³-hybridized carbons (Fsp3) is 0.154. The first kappa shape index (κ1) is 16.9. The van der Waals surface area contributed by atoms with Gasteiger partial charge in [-0.25, -0.2) is 4.79 Å². The molecular weight excluding hydrogens is 340 g/mol. The van der Waals surface area contributed by atoms with Gasteiger partial charge in [-0.1, -0.05) is 38.8 Å². The molecule has 1 aromatic heterocycles. The van der Waals surface area contributed by atoms with E-state index in [-0.39, 0.29) is 18.2 Å². The average molecular weight is 352 g/mol. The summed E-state index contributed by atoms with van der Waals surface area (Å²) in [4.78, 5) is 20.1. The maximum absolute atomic E-state index is 11.6. The number of nitrogens with zero attached hydrogens (tertiary/aromatic N) is 4. The van der Waals surface area contributed by atoms with Crippen molar-refractivity contribution in [3.63, 3.8) is 0 Å². The summed E-state index contributed by atoms with van der Waals surface area (Å²) in [6.07, 6.45) is 0.117. The Kier molecular flexibility index (Phi) is 6.10. The molecule has 0 spiro atoms. The quantitative estimate of drug-likeness (QED) is 0.258. The van der Waals surface area contributed by atoms with E-state index in [1.54, 1.807) is 12.1 Å². The zero-order valence-corrected chi connectivity index (χ0v) is 13.3. The van der Waals surface area contributed by atoms with Crippen LogP contribution in [0.4, 0.5) is 5.69 Å². The standard InChI is InChI=1S/C13H12N4O4S2/c14-16-15-9-1-3-10(4-2-9)23-22-8-7-13(20)21-17-11(18)5-6-12(17)19/h1-6,18-19H,7-8H2. The number of hydrogen-bond donors (Lipinski definition) is 2. The summed E-state index contributed by atoms with van der Waals surface area (Å²) in [5.41, 5.74) is 8.85. The van der Waals surface area contributed by atoms with Crippen molar-refractivity contribution in [3.8, 4) is 11.8 Å². The number of hydrogen-bond acceptors (Lipinski definition) is 7. The highest BCUT2D eigenvalue weighted by Gasteiger charge is 2.12. The van der Waals surface area contributed by atoms with Crippen molar-refractivity contribution < 1.29 is 19.8 Å². The van der Waals surface area contributed by atoms with Crippen LogP contribution in [0.15, 0.2) is 46.4 Å². The Morgan fingerprint density at radius 2 is 1.87 bits per heavy atom. The van der Waals surface area contributed by atoms with Gasteiger partial charge in [0.2, 0.25) is 11.8 Å². The highest BCUT2D eigenvalue weighted by Crippen LogP contribution is 2.32. The smallest absolute Gasteiger partial charge is 0.334 e. The van der Waals surface area contributed by atoms with Crippen LogP contribution in [0.5, 0.6) is 11.8 Å². The number of rotatable bonds is 7. The predicted molar refractivity (Wildman–Crippen MR) is 87.5 cm³/mol. The number of aromatic nitrogens is 1. The van der Waals surface area contributed by atoms with Crippen LogP contribution in [0.1, 0.15) is 6.42 Å². The molecule has 2 N–H and O–H groups in total. The van der Waals surface area contributed by atoms with Gasteiger partial charge in [-0.3, -0.25) is 0 Å². The van der Waals surface area contributed by atoms with Gasteiger partial charge < -0.3 is 15.1 Å². The molecule has 0 saturated heterocycles. The summed E-state index contributed by atoms with van der Waals surface area (Å²) < 4.78 is 0.661. The number of carbonyl (C=O) groups is 1. The second kappa shape index (κ2) is 8.28. The lowest BCUT2D eigenvalue weighted by molar-refractivity contribution is -0.144. The lowest BCUT2D eigenvalue weighted by atomic mass is 10.3. The Labute approximate surface area is 139 Å². The molecule has 0 amide bonds. The Hall–Kier alpha value is -2.42. The average Bonchev–Trinajstić information content (AvgIpc) is 2.85. The molecule has 0 unspecified atom stereocenters. The Morgan fingerprint density at radius 1 is 1.22 bits per heavy atom. The van der Waals surface area contributed by atoms with Crippen LogP contribution in [0.25, 0.3) is 10.4 Å². The minimum atomic E-state index is -0.571. The fourth-order valence-electron chi connectivity index (χ4n) is 1.50. The van der Waals surface area contributed by atoms with Gasteiger partial charge in [0.05, 0.1) is 6.42 Å². The van der Waals surface area contributed by atoms with Crippen LogP contribution in [-0.2, 0) is 4.79 Å². The van der Waals surface area contributed by atoms with Crippen LogP contribution in [0.3, 0.4) is 0 Å². The van der Waals surface area contributed by atoms with Gasteiger partial charge in [-0.05, 0) is 17.7 Å². The SMILES string of the molecule is [N-]=[N+]=Nc1ccc(SSCCC(=O)On2c(O)ccc2O)cc1. The van der Waals surface area contributed by atoms with Gasteiger partial charge in [0.25, 0.3) is 0 Å². The summed E-state index contributed by atoms with van der Waals surface area (Å²) in [5, 5.41) is 22.2. The Bertz CT molecular complexity index is 707. The maximum atomic E-state index is 11.6. The van der Waals surface area contributed by atoms with Crippen molar-refractivity contribution >= 4 is 33.2 Å². The summed E-state index contributed by atoms with van der Waals surface area (Å²) in [6, 6.07) is 9.47. The molecule has 0 saturated carbocycles.